The van der Waals surface area contributed by atoms with Gasteiger partial charge in [-0.2, -0.15) is 0 Å². The third-order valence-corrected chi connectivity index (χ3v) is 8.24. The van der Waals surface area contributed by atoms with Crippen LogP contribution in [0.3, 0.4) is 0 Å². The molecule has 2 aromatic heterocycles. The van der Waals surface area contributed by atoms with Crippen LogP contribution in [-0.4, -0.2) is 36.4 Å². The number of rotatable bonds is 5. The molecule has 3 N–H and O–H groups in total. The van der Waals surface area contributed by atoms with Crippen molar-refractivity contribution in [2.45, 2.75) is 37.6 Å². The molecule has 1 aliphatic heterocycles. The van der Waals surface area contributed by atoms with Gasteiger partial charge in [0.05, 0.1) is 11.3 Å². The third-order valence-electron chi connectivity index (χ3n) is 6.53. The maximum absolute atomic E-state index is 13.3. The van der Waals surface area contributed by atoms with Gasteiger partial charge in [-0.3, -0.25) is 4.79 Å². The number of nitrogens with two attached hydrogens (primary N) is 1. The largest absolute Gasteiger partial charge is 0.383 e. The molecule has 34 heavy (non-hydrogen) atoms. The molecule has 1 unspecified atom stereocenters. The summed E-state index contributed by atoms with van der Waals surface area (Å²) >= 11 is 6.39. The van der Waals surface area contributed by atoms with Crippen LogP contribution in [0.5, 0.6) is 0 Å². The second kappa shape index (κ2) is 8.88. The minimum atomic E-state index is -4.24. The zero-order chi connectivity index (χ0) is 24.7. The van der Waals surface area contributed by atoms with Crippen molar-refractivity contribution in [3.8, 4) is 11.3 Å². The van der Waals surface area contributed by atoms with Crippen molar-refractivity contribution in [1.82, 2.24) is 14.7 Å². The highest BCUT2D eigenvalue weighted by molar-refractivity contribution is 7.90. The average Bonchev–Trinajstić information content (AvgIpc) is 3.05. The van der Waals surface area contributed by atoms with Crippen molar-refractivity contribution in [2.75, 3.05) is 17.2 Å². The van der Waals surface area contributed by atoms with E-state index in [4.69, 9.17) is 22.3 Å². The zero-order valence-electron chi connectivity index (χ0n) is 19.1. The van der Waals surface area contributed by atoms with Gasteiger partial charge in [-0.05, 0) is 56.5 Å². The summed E-state index contributed by atoms with van der Waals surface area (Å²) < 4.78 is 27.9. The molecule has 10 heteroatoms. The van der Waals surface area contributed by atoms with Crippen molar-refractivity contribution in [1.29, 1.82) is 0 Å². The van der Waals surface area contributed by atoms with Gasteiger partial charge in [0.2, 0.25) is 0 Å². The summed E-state index contributed by atoms with van der Waals surface area (Å²) in [5.74, 6) is -0.247. The number of anilines is 2. The van der Waals surface area contributed by atoms with Crippen molar-refractivity contribution in [3.63, 3.8) is 0 Å². The lowest BCUT2D eigenvalue weighted by atomic mass is 9.90. The van der Waals surface area contributed by atoms with E-state index in [1.807, 2.05) is 18.2 Å². The molecule has 1 fully saturated rings. The summed E-state index contributed by atoms with van der Waals surface area (Å²) in [6.45, 7) is 7.00. The molecule has 1 amide bonds. The van der Waals surface area contributed by atoms with E-state index < -0.39 is 15.9 Å². The monoisotopic (exact) mass is 499 g/mol. The highest BCUT2D eigenvalue weighted by atomic mass is 35.5. The molecular formula is C24H26ClN5O3S. The Kier molecular flexibility index (Phi) is 6.26. The van der Waals surface area contributed by atoms with Crippen LogP contribution in [0, 0.1) is 5.92 Å². The number of nitrogens with one attached hydrogen (secondary N) is 1. The van der Waals surface area contributed by atoms with Crippen molar-refractivity contribution < 1.29 is 13.2 Å². The Morgan fingerprint density at radius 2 is 1.91 bits per heavy atom. The first-order chi connectivity index (χ1) is 16.0. The highest BCUT2D eigenvalue weighted by Crippen LogP contribution is 2.40. The van der Waals surface area contributed by atoms with Gasteiger partial charge in [0, 0.05) is 28.9 Å². The molecule has 178 valence electrons. The Morgan fingerprint density at radius 1 is 1.18 bits per heavy atom. The smallest absolute Gasteiger partial charge is 0.268 e. The molecule has 0 saturated carbocycles. The number of hydrogen-bond donors (Lipinski definition) is 2. The molecule has 3 heterocycles. The van der Waals surface area contributed by atoms with Crippen LogP contribution < -0.4 is 15.4 Å². The minimum absolute atomic E-state index is 0.143. The first-order valence-corrected chi connectivity index (χ1v) is 12.7. The van der Waals surface area contributed by atoms with Crippen molar-refractivity contribution in [2.24, 2.45) is 5.92 Å². The second-order valence-electron chi connectivity index (χ2n) is 8.86. The molecule has 4 rings (SSSR count). The standard InChI is InChI=1S/C24H26ClN5O3S/c1-15-12-14-30(24(15,2)3)22-17(10-11-19(28-22)16-7-4-5-8-18(16)25)23(31)29-34(32,33)20-9-6-13-27-21(20)26/h4-11,13,15H,12,14H2,1-3H3,(H2,26,27)(H,29,31). The Labute approximate surface area is 204 Å². The second-order valence-corrected chi connectivity index (χ2v) is 10.9. The molecule has 0 bridgehead atoms. The fourth-order valence-electron chi connectivity index (χ4n) is 4.12. The normalized spacial score (nSPS) is 17.5. The predicted octanol–water partition coefficient (Wildman–Crippen LogP) is 4.12. The topological polar surface area (TPSA) is 118 Å². The Hall–Kier alpha value is -3.17. The number of carbonyl (C=O) groups is 1. The number of nitrogens with zero attached hydrogens (tertiary/aromatic N) is 3. The quantitative estimate of drug-likeness (QED) is 0.542. The Bertz CT molecular complexity index is 1360. The molecule has 0 spiro atoms. The number of halogens is 1. The number of aromatic nitrogens is 2. The van der Waals surface area contributed by atoms with Crippen LogP contribution in [-0.2, 0) is 10.0 Å². The lowest BCUT2D eigenvalue weighted by Crippen LogP contribution is -2.43. The number of nitrogen functional groups attached to an aromatic ring is 1. The molecule has 0 aliphatic carbocycles. The first-order valence-electron chi connectivity index (χ1n) is 10.8. The zero-order valence-corrected chi connectivity index (χ0v) is 20.7. The van der Waals surface area contributed by atoms with Crippen LogP contribution in [0.25, 0.3) is 11.3 Å². The maximum Gasteiger partial charge on any atom is 0.268 e. The number of amides is 1. The lowest BCUT2D eigenvalue weighted by molar-refractivity contribution is 0.0981. The van der Waals surface area contributed by atoms with Crippen LogP contribution >= 0.6 is 11.6 Å². The summed E-state index contributed by atoms with van der Waals surface area (Å²) in [6.07, 6.45) is 2.29. The lowest BCUT2D eigenvalue weighted by Gasteiger charge is -2.36. The van der Waals surface area contributed by atoms with Crippen LogP contribution in [0.4, 0.5) is 11.6 Å². The fraction of sp³-hybridized carbons (Fsp3) is 0.292. The predicted molar refractivity (Wildman–Crippen MR) is 133 cm³/mol. The van der Waals surface area contributed by atoms with Crippen LogP contribution in [0.2, 0.25) is 5.02 Å². The number of sulfonamides is 1. The van der Waals surface area contributed by atoms with Gasteiger partial charge in [0.25, 0.3) is 15.9 Å². The number of benzene rings is 1. The van der Waals surface area contributed by atoms with E-state index in [9.17, 15) is 13.2 Å². The molecule has 3 aromatic rings. The van der Waals surface area contributed by atoms with E-state index in [0.29, 0.717) is 29.0 Å². The SMILES string of the molecule is CC1CCN(c2nc(-c3ccccc3Cl)ccc2C(=O)NS(=O)(=O)c2cccnc2N)C1(C)C. The van der Waals surface area contributed by atoms with Crippen molar-refractivity contribution >= 4 is 39.2 Å². The summed E-state index contributed by atoms with van der Waals surface area (Å²) in [7, 11) is -4.24. The molecule has 1 saturated heterocycles. The number of hydrogen-bond acceptors (Lipinski definition) is 7. The minimum Gasteiger partial charge on any atom is -0.383 e. The third kappa shape index (κ3) is 4.33. The van der Waals surface area contributed by atoms with E-state index in [1.54, 1.807) is 18.2 Å². The number of pyridine rings is 2. The van der Waals surface area contributed by atoms with Crippen molar-refractivity contribution in [3.05, 3.63) is 65.3 Å². The average molecular weight is 500 g/mol. The first kappa shape index (κ1) is 24.0. The van der Waals surface area contributed by atoms with Crippen LogP contribution in [0.15, 0.2) is 59.6 Å². The van der Waals surface area contributed by atoms with Gasteiger partial charge in [0.15, 0.2) is 0 Å². The van der Waals surface area contributed by atoms with E-state index in [-0.39, 0.29) is 21.8 Å². The Balaban J connectivity index is 1.80. The summed E-state index contributed by atoms with van der Waals surface area (Å²) in [4.78, 5) is 23.7. The van der Waals surface area contributed by atoms with Crippen LogP contribution in [0.1, 0.15) is 37.6 Å². The molecular weight excluding hydrogens is 474 g/mol. The summed E-state index contributed by atoms with van der Waals surface area (Å²) in [6, 6.07) is 13.3. The highest BCUT2D eigenvalue weighted by Gasteiger charge is 2.41. The molecule has 8 nitrogen and oxygen atoms in total. The van der Waals surface area contributed by atoms with E-state index in [1.165, 1.54) is 18.3 Å². The van der Waals surface area contributed by atoms with E-state index >= 15 is 0 Å². The fourth-order valence-corrected chi connectivity index (χ4v) is 5.40. The maximum atomic E-state index is 13.3. The molecule has 1 aliphatic rings. The number of carbonyl (C=O) groups excluding carboxylic acids is 1. The van der Waals surface area contributed by atoms with Gasteiger partial charge in [-0.25, -0.2) is 23.1 Å². The molecule has 0 radical (unpaired) electrons. The summed E-state index contributed by atoms with van der Waals surface area (Å²) in [5.41, 5.74) is 6.88. The van der Waals surface area contributed by atoms with E-state index in [2.05, 4.69) is 35.4 Å². The van der Waals surface area contributed by atoms with Gasteiger partial charge < -0.3 is 10.6 Å². The molecule has 1 aromatic carbocycles. The molecule has 1 atom stereocenters. The van der Waals surface area contributed by atoms with Gasteiger partial charge in [-0.15, -0.1) is 0 Å². The van der Waals surface area contributed by atoms with Gasteiger partial charge >= 0.3 is 0 Å². The van der Waals surface area contributed by atoms with E-state index in [0.717, 1.165) is 12.0 Å². The van der Waals surface area contributed by atoms with Gasteiger partial charge in [0.1, 0.15) is 16.5 Å². The Morgan fingerprint density at radius 3 is 2.56 bits per heavy atom. The summed E-state index contributed by atoms with van der Waals surface area (Å²) in [5, 5.41) is 0.529. The van der Waals surface area contributed by atoms with Gasteiger partial charge in [-0.1, -0.05) is 36.7 Å².